The molecule has 3 rings (SSSR count). The van der Waals surface area contributed by atoms with Crippen LogP contribution in [0, 0.1) is 6.92 Å². The van der Waals surface area contributed by atoms with E-state index in [9.17, 15) is 4.79 Å². The van der Waals surface area contributed by atoms with Gasteiger partial charge in [-0.3, -0.25) is 5.10 Å². The molecule has 0 atom stereocenters. The minimum absolute atomic E-state index is 0.261. The third-order valence-corrected chi connectivity index (χ3v) is 3.99. The quantitative estimate of drug-likeness (QED) is 0.338. The van der Waals surface area contributed by atoms with Gasteiger partial charge >= 0.3 is 5.97 Å². The summed E-state index contributed by atoms with van der Waals surface area (Å²) in [5, 5.41) is 11.1. The molecule has 0 saturated carbocycles. The predicted molar refractivity (Wildman–Crippen MR) is 114 cm³/mol. The zero-order chi connectivity index (χ0) is 21.6. The highest BCUT2D eigenvalue weighted by atomic mass is 16.6. The van der Waals surface area contributed by atoms with Crippen molar-refractivity contribution >= 4 is 12.2 Å². The highest BCUT2D eigenvalue weighted by Gasteiger charge is 2.17. The lowest BCUT2D eigenvalue weighted by molar-refractivity contribution is 0.00694. The highest BCUT2D eigenvalue weighted by Crippen LogP contribution is 2.23. The molecule has 0 unspecified atom stereocenters. The zero-order valence-electron chi connectivity index (χ0n) is 17.5. The number of para-hydroxylation sites is 1. The van der Waals surface area contributed by atoms with E-state index >= 15 is 0 Å². The molecule has 1 heterocycles. The number of carbonyl (C=O) groups is 1. The summed E-state index contributed by atoms with van der Waals surface area (Å²) in [7, 11) is 0. The molecule has 0 aliphatic heterocycles. The molecule has 1 N–H and O–H groups in total. The summed E-state index contributed by atoms with van der Waals surface area (Å²) in [6, 6.07) is 16.4. The molecule has 0 spiro atoms. The average molecular weight is 407 g/mol. The maximum atomic E-state index is 12.1. The summed E-state index contributed by atoms with van der Waals surface area (Å²) in [6.45, 7) is 7.65. The van der Waals surface area contributed by atoms with Crippen molar-refractivity contribution in [1.82, 2.24) is 10.2 Å². The number of esters is 1. The van der Waals surface area contributed by atoms with Gasteiger partial charge in [0.1, 0.15) is 18.0 Å². The number of benzene rings is 2. The van der Waals surface area contributed by atoms with Gasteiger partial charge in [0.15, 0.2) is 0 Å². The number of carbonyl (C=O) groups excluding carboxylic acids is 1. The van der Waals surface area contributed by atoms with Crippen molar-refractivity contribution in [1.29, 1.82) is 0 Å². The van der Waals surface area contributed by atoms with E-state index in [0.29, 0.717) is 22.8 Å². The smallest absolute Gasteiger partial charge is 0.338 e. The van der Waals surface area contributed by atoms with Gasteiger partial charge < -0.3 is 14.3 Å². The molecular weight excluding hydrogens is 382 g/mol. The summed E-state index contributed by atoms with van der Waals surface area (Å²) in [5.41, 5.74) is 2.37. The van der Waals surface area contributed by atoms with E-state index in [1.165, 1.54) is 0 Å². The van der Waals surface area contributed by atoms with Crippen molar-refractivity contribution in [3.8, 4) is 11.6 Å². The fourth-order valence-electron chi connectivity index (χ4n) is 2.52. The number of nitrogens with one attached hydrogen (secondary N) is 1. The van der Waals surface area contributed by atoms with Gasteiger partial charge in [0.2, 0.25) is 5.88 Å². The third-order valence-electron chi connectivity index (χ3n) is 3.99. The summed E-state index contributed by atoms with van der Waals surface area (Å²) >= 11 is 0. The van der Waals surface area contributed by atoms with E-state index in [-0.39, 0.29) is 12.6 Å². The van der Waals surface area contributed by atoms with Crippen LogP contribution in [-0.2, 0) is 16.2 Å². The molecule has 0 amide bonds. The lowest BCUT2D eigenvalue weighted by Crippen LogP contribution is -2.23. The lowest BCUT2D eigenvalue weighted by atomic mass is 10.1. The second-order valence-electron chi connectivity index (χ2n) is 7.69. The molecule has 2 aromatic carbocycles. The second kappa shape index (κ2) is 9.26. The van der Waals surface area contributed by atoms with Crippen LogP contribution in [-0.4, -0.2) is 28.0 Å². The van der Waals surface area contributed by atoms with Gasteiger partial charge in [-0.2, -0.15) is 0 Å². The van der Waals surface area contributed by atoms with E-state index in [1.54, 1.807) is 18.3 Å². The lowest BCUT2D eigenvalue weighted by Gasteiger charge is -2.19. The van der Waals surface area contributed by atoms with Crippen LogP contribution in [0.2, 0.25) is 0 Å². The van der Waals surface area contributed by atoms with Crippen LogP contribution >= 0.6 is 0 Å². The number of H-pyrrole nitrogens is 1. The SMILES string of the molecule is Cc1[nH]nc(Oc2ccccc2)c1/C=N/OCc1ccc(C(=O)OC(C)(C)C)cc1. The molecule has 0 bridgehead atoms. The number of hydrogen-bond donors (Lipinski definition) is 1. The van der Waals surface area contributed by atoms with Crippen molar-refractivity contribution in [3.05, 3.63) is 77.0 Å². The first-order valence-electron chi connectivity index (χ1n) is 9.57. The minimum atomic E-state index is -0.526. The van der Waals surface area contributed by atoms with Gasteiger partial charge in [-0.25, -0.2) is 4.79 Å². The Labute approximate surface area is 175 Å². The molecule has 0 fully saturated rings. The van der Waals surface area contributed by atoms with Crippen LogP contribution in [0.1, 0.15) is 48.0 Å². The van der Waals surface area contributed by atoms with Crippen molar-refractivity contribution in [2.45, 2.75) is 39.9 Å². The summed E-state index contributed by atoms with van der Waals surface area (Å²) in [5.74, 6) is 0.756. The number of nitrogens with zero attached hydrogens (tertiary/aromatic N) is 2. The van der Waals surface area contributed by atoms with E-state index in [1.807, 2.05) is 70.2 Å². The first kappa shape index (κ1) is 21.1. The topological polar surface area (TPSA) is 85.8 Å². The van der Waals surface area contributed by atoms with E-state index < -0.39 is 5.60 Å². The van der Waals surface area contributed by atoms with E-state index in [2.05, 4.69) is 15.4 Å². The largest absolute Gasteiger partial charge is 0.456 e. The molecule has 3 aromatic rings. The van der Waals surface area contributed by atoms with Crippen molar-refractivity contribution < 1.29 is 19.1 Å². The van der Waals surface area contributed by atoms with Crippen LogP contribution in [0.4, 0.5) is 0 Å². The molecule has 0 radical (unpaired) electrons. The monoisotopic (exact) mass is 407 g/mol. The van der Waals surface area contributed by atoms with Crippen LogP contribution in [0.5, 0.6) is 11.6 Å². The number of aromatic amines is 1. The Hall–Kier alpha value is -3.61. The summed E-state index contributed by atoms with van der Waals surface area (Å²) in [4.78, 5) is 17.5. The van der Waals surface area contributed by atoms with Crippen LogP contribution in [0.25, 0.3) is 0 Å². The Kier molecular flexibility index (Phi) is 6.51. The second-order valence-corrected chi connectivity index (χ2v) is 7.69. The van der Waals surface area contributed by atoms with Gasteiger partial charge in [-0.05, 0) is 57.5 Å². The average Bonchev–Trinajstić information content (AvgIpc) is 3.04. The molecular formula is C23H25N3O4. The maximum absolute atomic E-state index is 12.1. The molecule has 7 heteroatoms. The van der Waals surface area contributed by atoms with Gasteiger partial charge in [0, 0.05) is 5.69 Å². The van der Waals surface area contributed by atoms with Crippen molar-refractivity contribution in [3.63, 3.8) is 0 Å². The molecule has 0 aliphatic carbocycles. The number of ether oxygens (including phenoxy) is 2. The van der Waals surface area contributed by atoms with E-state index in [4.69, 9.17) is 14.3 Å². The Bertz CT molecular complexity index is 1000. The first-order valence-corrected chi connectivity index (χ1v) is 9.57. The zero-order valence-corrected chi connectivity index (χ0v) is 17.5. The summed E-state index contributed by atoms with van der Waals surface area (Å²) in [6.07, 6.45) is 1.56. The van der Waals surface area contributed by atoms with Crippen LogP contribution in [0.3, 0.4) is 0 Å². The molecule has 1 aromatic heterocycles. The predicted octanol–water partition coefficient (Wildman–Crippen LogP) is 5.02. The molecule has 0 aliphatic rings. The molecule has 0 saturated heterocycles. The minimum Gasteiger partial charge on any atom is -0.456 e. The molecule has 30 heavy (non-hydrogen) atoms. The fourth-order valence-corrected chi connectivity index (χ4v) is 2.52. The normalized spacial score (nSPS) is 11.5. The van der Waals surface area contributed by atoms with Crippen LogP contribution < -0.4 is 4.74 Å². The Morgan fingerprint density at radius 1 is 1.10 bits per heavy atom. The Balaban J connectivity index is 1.57. The number of hydrogen-bond acceptors (Lipinski definition) is 6. The van der Waals surface area contributed by atoms with Crippen molar-refractivity contribution in [2.24, 2.45) is 5.16 Å². The number of aryl methyl sites for hydroxylation is 1. The fraction of sp³-hybridized carbons (Fsp3) is 0.261. The van der Waals surface area contributed by atoms with E-state index in [0.717, 1.165) is 11.3 Å². The van der Waals surface area contributed by atoms with Crippen LogP contribution in [0.15, 0.2) is 59.8 Å². The van der Waals surface area contributed by atoms with Gasteiger partial charge in [-0.15, -0.1) is 5.10 Å². The van der Waals surface area contributed by atoms with Gasteiger partial charge in [-0.1, -0.05) is 35.5 Å². The third kappa shape index (κ3) is 5.94. The van der Waals surface area contributed by atoms with Gasteiger partial charge in [0.05, 0.1) is 17.3 Å². The highest BCUT2D eigenvalue weighted by molar-refractivity contribution is 5.89. The standard InChI is InChI=1S/C23H25N3O4/c1-16-20(21(26-25-16)29-19-8-6-5-7-9-19)14-24-28-15-17-10-12-18(13-11-17)22(27)30-23(2,3)4/h5-14H,15H2,1-4H3,(H,25,26)/b24-14+. The van der Waals surface area contributed by atoms with Crippen molar-refractivity contribution in [2.75, 3.05) is 0 Å². The Morgan fingerprint density at radius 2 is 1.80 bits per heavy atom. The number of aromatic nitrogens is 2. The summed E-state index contributed by atoms with van der Waals surface area (Å²) < 4.78 is 11.1. The van der Waals surface area contributed by atoms with Gasteiger partial charge in [0.25, 0.3) is 0 Å². The maximum Gasteiger partial charge on any atom is 0.338 e. The number of oxime groups is 1. The Morgan fingerprint density at radius 3 is 2.47 bits per heavy atom. The molecule has 156 valence electrons. The number of rotatable bonds is 7. The first-order chi connectivity index (χ1) is 14.3. The molecule has 7 nitrogen and oxygen atoms in total.